The third-order valence-corrected chi connectivity index (χ3v) is 5.40. The Morgan fingerprint density at radius 1 is 1.00 bits per heavy atom. The number of imidazole rings is 1. The van der Waals surface area contributed by atoms with Crippen molar-refractivity contribution in [3.63, 3.8) is 0 Å². The molecule has 0 aliphatic rings. The number of rotatable bonds is 5. The van der Waals surface area contributed by atoms with Gasteiger partial charge in [-0.05, 0) is 76.1 Å². The van der Waals surface area contributed by atoms with E-state index in [-0.39, 0.29) is 0 Å². The van der Waals surface area contributed by atoms with Crippen molar-refractivity contribution in [3.05, 3.63) is 77.7 Å². The molecule has 4 aromatic rings. The number of benzene rings is 2. The van der Waals surface area contributed by atoms with Crippen molar-refractivity contribution in [1.29, 1.82) is 0 Å². The van der Waals surface area contributed by atoms with Gasteiger partial charge in [0.05, 0.1) is 5.69 Å². The fourth-order valence-electron chi connectivity index (χ4n) is 3.89. The van der Waals surface area contributed by atoms with E-state index in [0.717, 1.165) is 46.3 Å². The van der Waals surface area contributed by atoms with Crippen molar-refractivity contribution >= 4 is 11.4 Å². The van der Waals surface area contributed by atoms with E-state index in [9.17, 15) is 0 Å². The molecule has 0 atom stereocenters. The molecule has 2 aromatic heterocycles. The van der Waals surface area contributed by atoms with E-state index < -0.39 is 0 Å². The molecule has 29 heavy (non-hydrogen) atoms. The Kier molecular flexibility index (Phi) is 4.97. The summed E-state index contributed by atoms with van der Waals surface area (Å²) in [6.07, 6.45) is 3.81. The minimum Gasteiger partial charge on any atom is -0.361 e. The van der Waals surface area contributed by atoms with Crippen LogP contribution < -0.4 is 4.90 Å². The molecule has 0 saturated carbocycles. The number of aromatic nitrogens is 3. The summed E-state index contributed by atoms with van der Waals surface area (Å²) >= 11 is 0. The first kappa shape index (κ1) is 19.0. The molecule has 0 unspecified atom stereocenters. The molecule has 2 heterocycles. The van der Waals surface area contributed by atoms with Crippen LogP contribution in [0.15, 0.2) is 59.4 Å². The van der Waals surface area contributed by atoms with Gasteiger partial charge in [0.2, 0.25) is 0 Å². The molecule has 2 aromatic carbocycles. The smallest absolute Gasteiger partial charge is 0.141 e. The van der Waals surface area contributed by atoms with E-state index in [0.29, 0.717) is 0 Å². The van der Waals surface area contributed by atoms with Gasteiger partial charge in [0.15, 0.2) is 0 Å². The van der Waals surface area contributed by atoms with Gasteiger partial charge in [-0.3, -0.25) is 0 Å². The molecule has 0 bridgehead atoms. The zero-order chi connectivity index (χ0) is 20.5. The highest BCUT2D eigenvalue weighted by atomic mass is 16.5. The minimum absolute atomic E-state index is 0.848. The summed E-state index contributed by atoms with van der Waals surface area (Å²) in [7, 11) is 0. The van der Waals surface area contributed by atoms with Crippen molar-refractivity contribution in [2.75, 3.05) is 11.4 Å². The van der Waals surface area contributed by atoms with Crippen LogP contribution in [0.3, 0.4) is 0 Å². The topological polar surface area (TPSA) is 47.1 Å². The zero-order valence-electron chi connectivity index (χ0n) is 17.6. The fraction of sp³-hybridized carbons (Fsp3) is 0.250. The molecule has 5 nitrogen and oxygen atoms in total. The first-order valence-corrected chi connectivity index (χ1v) is 9.91. The van der Waals surface area contributed by atoms with Gasteiger partial charge in [-0.25, -0.2) is 4.98 Å². The lowest BCUT2D eigenvalue weighted by atomic mass is 10.0. The molecule has 0 aliphatic heterocycles. The highest BCUT2D eigenvalue weighted by Crippen LogP contribution is 2.35. The van der Waals surface area contributed by atoms with Crippen molar-refractivity contribution in [2.24, 2.45) is 0 Å². The quantitative estimate of drug-likeness (QED) is 0.427. The Hall–Kier alpha value is -3.34. The number of hydrogen-bond acceptors (Lipinski definition) is 4. The lowest BCUT2D eigenvalue weighted by Crippen LogP contribution is -2.17. The lowest BCUT2D eigenvalue weighted by molar-refractivity contribution is 0.393. The van der Waals surface area contributed by atoms with Crippen LogP contribution in [0.1, 0.15) is 29.8 Å². The highest BCUT2D eigenvalue weighted by Gasteiger charge is 2.16. The largest absolute Gasteiger partial charge is 0.361 e. The minimum atomic E-state index is 0.848. The second kappa shape index (κ2) is 7.59. The average Bonchev–Trinajstić information content (AvgIpc) is 3.29. The summed E-state index contributed by atoms with van der Waals surface area (Å²) in [5, 5.41) is 4.11. The Morgan fingerprint density at radius 2 is 1.76 bits per heavy atom. The molecule has 0 aliphatic carbocycles. The maximum Gasteiger partial charge on any atom is 0.141 e. The molecule has 0 amide bonds. The van der Waals surface area contributed by atoms with E-state index in [1.165, 1.54) is 11.3 Å². The maximum atomic E-state index is 5.38. The molecule has 0 spiro atoms. The van der Waals surface area contributed by atoms with Crippen molar-refractivity contribution in [3.8, 4) is 16.8 Å². The molecule has 0 N–H and O–H groups in total. The monoisotopic (exact) mass is 386 g/mol. The van der Waals surface area contributed by atoms with Crippen LogP contribution in [0.2, 0.25) is 0 Å². The molecule has 0 fully saturated rings. The van der Waals surface area contributed by atoms with Crippen molar-refractivity contribution < 1.29 is 4.52 Å². The summed E-state index contributed by atoms with van der Waals surface area (Å²) in [6.45, 7) is 11.2. The van der Waals surface area contributed by atoms with Gasteiger partial charge in [0, 0.05) is 41.6 Å². The molecular weight excluding hydrogens is 360 g/mol. The molecule has 5 heteroatoms. The predicted molar refractivity (Wildman–Crippen MR) is 117 cm³/mol. The van der Waals surface area contributed by atoms with Crippen LogP contribution in [0.25, 0.3) is 16.8 Å². The average molecular weight is 386 g/mol. The summed E-state index contributed by atoms with van der Waals surface area (Å²) in [4.78, 5) is 6.65. The highest BCUT2D eigenvalue weighted by molar-refractivity contribution is 5.76. The van der Waals surface area contributed by atoms with E-state index in [2.05, 4.69) is 75.9 Å². The zero-order valence-corrected chi connectivity index (χ0v) is 17.6. The first-order chi connectivity index (χ1) is 14.0. The maximum absolute atomic E-state index is 5.38. The van der Waals surface area contributed by atoms with Crippen LogP contribution in [0.5, 0.6) is 0 Å². The molecule has 148 valence electrons. The van der Waals surface area contributed by atoms with E-state index in [1.807, 2.05) is 33.2 Å². The summed E-state index contributed by atoms with van der Waals surface area (Å²) in [5.41, 5.74) is 7.82. The standard InChI is InChI=1S/C24H26N4O/c1-6-27(21-9-11-22(12-10-21)28-14-13-25-19(28)5)23-15-20(8-7-16(23)2)24-17(3)26-29-18(24)4/h7-15H,6H2,1-5H3. The van der Waals surface area contributed by atoms with E-state index in [1.54, 1.807) is 0 Å². The van der Waals surface area contributed by atoms with Crippen LogP contribution in [0, 0.1) is 27.7 Å². The third-order valence-electron chi connectivity index (χ3n) is 5.40. The van der Waals surface area contributed by atoms with Gasteiger partial charge in [-0.1, -0.05) is 17.3 Å². The van der Waals surface area contributed by atoms with Crippen LogP contribution in [-0.2, 0) is 0 Å². The van der Waals surface area contributed by atoms with Gasteiger partial charge in [-0.2, -0.15) is 0 Å². The van der Waals surface area contributed by atoms with Crippen molar-refractivity contribution in [2.45, 2.75) is 34.6 Å². The number of nitrogens with zero attached hydrogens (tertiary/aromatic N) is 4. The third kappa shape index (κ3) is 3.44. The molecule has 0 saturated heterocycles. The summed E-state index contributed by atoms with van der Waals surface area (Å²) < 4.78 is 7.47. The normalized spacial score (nSPS) is 11.1. The first-order valence-electron chi connectivity index (χ1n) is 9.91. The van der Waals surface area contributed by atoms with Gasteiger partial charge in [0.25, 0.3) is 0 Å². The van der Waals surface area contributed by atoms with Gasteiger partial charge in [0.1, 0.15) is 11.6 Å². The fourth-order valence-corrected chi connectivity index (χ4v) is 3.89. The number of anilines is 2. The van der Waals surface area contributed by atoms with Gasteiger partial charge in [-0.15, -0.1) is 0 Å². The Labute approximate surface area is 171 Å². The number of aryl methyl sites for hydroxylation is 4. The van der Waals surface area contributed by atoms with Gasteiger partial charge < -0.3 is 14.0 Å². The summed E-state index contributed by atoms with van der Waals surface area (Å²) in [5.74, 6) is 1.83. The molecule has 4 rings (SSSR count). The van der Waals surface area contributed by atoms with Crippen LogP contribution in [-0.4, -0.2) is 21.3 Å². The van der Waals surface area contributed by atoms with E-state index in [4.69, 9.17) is 4.52 Å². The second-order valence-electron chi connectivity index (χ2n) is 7.31. The molecular formula is C24H26N4O. The SMILES string of the molecule is CCN(c1ccc(-n2ccnc2C)cc1)c1cc(-c2c(C)noc2C)ccc1C. The van der Waals surface area contributed by atoms with Crippen LogP contribution >= 0.6 is 0 Å². The van der Waals surface area contributed by atoms with Gasteiger partial charge >= 0.3 is 0 Å². The Morgan fingerprint density at radius 3 is 2.34 bits per heavy atom. The summed E-state index contributed by atoms with van der Waals surface area (Å²) in [6, 6.07) is 15.2. The van der Waals surface area contributed by atoms with Crippen molar-refractivity contribution in [1.82, 2.24) is 14.7 Å². The van der Waals surface area contributed by atoms with Crippen LogP contribution in [0.4, 0.5) is 11.4 Å². The molecule has 0 radical (unpaired) electrons. The lowest BCUT2D eigenvalue weighted by Gasteiger charge is -2.26. The van der Waals surface area contributed by atoms with E-state index >= 15 is 0 Å². The predicted octanol–water partition coefficient (Wildman–Crippen LogP) is 5.92. The second-order valence-corrected chi connectivity index (χ2v) is 7.31. The Bertz CT molecular complexity index is 1120. The Balaban J connectivity index is 1.73. The number of hydrogen-bond donors (Lipinski definition) is 0.